The molecule has 0 spiro atoms. The van der Waals surface area contributed by atoms with E-state index in [1.165, 1.54) is 0 Å². The number of aromatic nitrogens is 1. The highest BCUT2D eigenvalue weighted by molar-refractivity contribution is 5.98. The van der Waals surface area contributed by atoms with Crippen molar-refractivity contribution in [3.05, 3.63) is 36.0 Å². The maximum Gasteiger partial charge on any atom is 0.255 e. The van der Waals surface area contributed by atoms with Crippen molar-refractivity contribution in [3.8, 4) is 6.07 Å². The number of carbonyl (C=O) groups is 1. The molecule has 0 aliphatic carbocycles. The van der Waals surface area contributed by atoms with Gasteiger partial charge in [-0.2, -0.15) is 5.26 Å². The van der Waals surface area contributed by atoms with Gasteiger partial charge in [0.25, 0.3) is 5.91 Å². The molecule has 2 aromatic rings. The molecular formula is C14H13N3O2. The molecule has 0 unspecified atom stereocenters. The minimum atomic E-state index is -0.499. The van der Waals surface area contributed by atoms with Gasteiger partial charge in [0.05, 0.1) is 19.3 Å². The van der Waals surface area contributed by atoms with Gasteiger partial charge in [0.2, 0.25) is 0 Å². The average Bonchev–Trinajstić information content (AvgIpc) is 2.93. The molecule has 1 aromatic carbocycles. The molecule has 0 radical (unpaired) electrons. The summed E-state index contributed by atoms with van der Waals surface area (Å²) in [5, 5.41) is 10.1. The molecule has 1 atom stereocenters. The van der Waals surface area contributed by atoms with Crippen molar-refractivity contribution in [1.29, 1.82) is 5.26 Å². The second-order valence-electron chi connectivity index (χ2n) is 4.50. The Labute approximate surface area is 110 Å². The minimum absolute atomic E-state index is 0.119. The van der Waals surface area contributed by atoms with Gasteiger partial charge in [-0.05, 0) is 23.6 Å². The summed E-state index contributed by atoms with van der Waals surface area (Å²) in [6.45, 7) is 1.22. The third-order valence-corrected chi connectivity index (χ3v) is 3.34. The smallest absolute Gasteiger partial charge is 0.255 e. The first-order chi connectivity index (χ1) is 9.29. The van der Waals surface area contributed by atoms with E-state index in [0.717, 1.165) is 10.9 Å². The second-order valence-corrected chi connectivity index (χ2v) is 4.50. The Kier molecular flexibility index (Phi) is 2.94. The molecule has 2 heterocycles. The first-order valence-corrected chi connectivity index (χ1v) is 6.15. The third-order valence-electron chi connectivity index (χ3n) is 3.34. The third kappa shape index (κ3) is 2.07. The quantitative estimate of drug-likeness (QED) is 0.840. The van der Waals surface area contributed by atoms with E-state index >= 15 is 0 Å². The van der Waals surface area contributed by atoms with Crippen LogP contribution in [0.2, 0.25) is 0 Å². The van der Waals surface area contributed by atoms with Gasteiger partial charge >= 0.3 is 0 Å². The van der Waals surface area contributed by atoms with Crippen molar-refractivity contribution in [2.24, 2.45) is 0 Å². The summed E-state index contributed by atoms with van der Waals surface area (Å²) in [6.07, 6.45) is 1.84. The van der Waals surface area contributed by atoms with E-state index < -0.39 is 6.04 Å². The number of amides is 1. The van der Waals surface area contributed by atoms with Gasteiger partial charge in [-0.3, -0.25) is 4.79 Å². The van der Waals surface area contributed by atoms with Crippen LogP contribution in [0.3, 0.4) is 0 Å². The predicted octanol–water partition coefficient (Wildman–Crippen LogP) is 1.53. The van der Waals surface area contributed by atoms with Crippen LogP contribution in [0.25, 0.3) is 10.9 Å². The van der Waals surface area contributed by atoms with Crippen LogP contribution in [0.15, 0.2) is 30.5 Å². The summed E-state index contributed by atoms with van der Waals surface area (Å²) in [4.78, 5) is 17.1. The summed E-state index contributed by atoms with van der Waals surface area (Å²) in [6, 6.07) is 9.08. The van der Waals surface area contributed by atoms with Gasteiger partial charge in [0.1, 0.15) is 6.04 Å². The highest BCUT2D eigenvalue weighted by Crippen LogP contribution is 2.17. The first kappa shape index (κ1) is 11.8. The van der Waals surface area contributed by atoms with Crippen LogP contribution >= 0.6 is 0 Å². The van der Waals surface area contributed by atoms with E-state index in [9.17, 15) is 4.79 Å². The molecule has 0 bridgehead atoms. The van der Waals surface area contributed by atoms with Gasteiger partial charge in [0, 0.05) is 23.8 Å². The second kappa shape index (κ2) is 4.75. The Hall–Kier alpha value is -2.32. The van der Waals surface area contributed by atoms with Gasteiger partial charge in [-0.1, -0.05) is 6.07 Å². The zero-order valence-corrected chi connectivity index (χ0v) is 10.3. The van der Waals surface area contributed by atoms with Gasteiger partial charge in [-0.25, -0.2) is 0 Å². The van der Waals surface area contributed by atoms with Crippen molar-refractivity contribution >= 4 is 16.8 Å². The largest absolute Gasteiger partial charge is 0.376 e. The molecule has 1 aromatic heterocycles. The Morgan fingerprint density at radius 3 is 3.21 bits per heavy atom. The van der Waals surface area contributed by atoms with Crippen molar-refractivity contribution in [2.45, 2.75) is 6.04 Å². The number of hydrogen-bond donors (Lipinski definition) is 1. The number of nitrogens with zero attached hydrogens (tertiary/aromatic N) is 2. The zero-order chi connectivity index (χ0) is 13.2. The van der Waals surface area contributed by atoms with Crippen LogP contribution < -0.4 is 0 Å². The van der Waals surface area contributed by atoms with Crippen molar-refractivity contribution in [3.63, 3.8) is 0 Å². The van der Waals surface area contributed by atoms with E-state index in [0.29, 0.717) is 18.7 Å². The molecule has 3 rings (SSSR count). The first-order valence-electron chi connectivity index (χ1n) is 6.15. The normalized spacial score (nSPS) is 19.3. The lowest BCUT2D eigenvalue weighted by atomic mass is 10.1. The molecule has 1 fully saturated rings. The van der Waals surface area contributed by atoms with Crippen molar-refractivity contribution in [1.82, 2.24) is 9.88 Å². The number of hydrogen-bond acceptors (Lipinski definition) is 3. The molecule has 96 valence electrons. The summed E-state index contributed by atoms with van der Waals surface area (Å²) < 4.78 is 5.22. The Balaban J connectivity index is 1.91. The Morgan fingerprint density at radius 2 is 2.37 bits per heavy atom. The van der Waals surface area contributed by atoms with Gasteiger partial charge in [-0.15, -0.1) is 0 Å². The zero-order valence-electron chi connectivity index (χ0n) is 10.3. The Morgan fingerprint density at radius 1 is 1.47 bits per heavy atom. The number of benzene rings is 1. The van der Waals surface area contributed by atoms with Crippen LogP contribution in [-0.2, 0) is 4.74 Å². The number of carbonyl (C=O) groups excluding carboxylic acids is 1. The van der Waals surface area contributed by atoms with E-state index in [1.807, 2.05) is 24.4 Å². The van der Waals surface area contributed by atoms with Crippen molar-refractivity contribution in [2.75, 3.05) is 19.8 Å². The van der Waals surface area contributed by atoms with E-state index in [2.05, 4.69) is 11.1 Å². The number of ether oxygens (including phenoxy) is 1. The number of fused-ring (bicyclic) bond motifs is 1. The lowest BCUT2D eigenvalue weighted by Gasteiger charge is -2.31. The molecule has 5 nitrogen and oxygen atoms in total. The molecule has 1 aliphatic rings. The topological polar surface area (TPSA) is 69.1 Å². The van der Waals surface area contributed by atoms with E-state index in [4.69, 9.17) is 10.00 Å². The monoisotopic (exact) mass is 255 g/mol. The summed E-state index contributed by atoms with van der Waals surface area (Å²) in [5.74, 6) is -0.119. The minimum Gasteiger partial charge on any atom is -0.376 e. The van der Waals surface area contributed by atoms with Crippen molar-refractivity contribution < 1.29 is 9.53 Å². The number of morpholine rings is 1. The number of H-pyrrole nitrogens is 1. The predicted molar refractivity (Wildman–Crippen MR) is 69.6 cm³/mol. The van der Waals surface area contributed by atoms with Crippen LogP contribution in [0.5, 0.6) is 0 Å². The number of aromatic amines is 1. The fraction of sp³-hybridized carbons (Fsp3) is 0.286. The van der Waals surface area contributed by atoms with E-state index in [1.54, 1.807) is 11.0 Å². The lowest BCUT2D eigenvalue weighted by molar-refractivity contribution is 0.0132. The number of nitriles is 1. The van der Waals surface area contributed by atoms with Gasteiger partial charge < -0.3 is 14.6 Å². The summed E-state index contributed by atoms with van der Waals surface area (Å²) in [5.41, 5.74) is 1.52. The molecule has 1 amide bonds. The highest BCUT2D eigenvalue weighted by Gasteiger charge is 2.27. The fourth-order valence-corrected chi connectivity index (χ4v) is 2.30. The SMILES string of the molecule is N#C[C@H]1COCCN1C(=O)c1ccc2cc[nH]c2c1. The molecule has 1 aliphatic heterocycles. The molecule has 19 heavy (non-hydrogen) atoms. The molecular weight excluding hydrogens is 242 g/mol. The standard InChI is InChI=1S/C14H13N3O2/c15-8-12-9-19-6-5-17(12)14(18)11-2-1-10-3-4-16-13(10)7-11/h1-4,7,12,16H,5-6,9H2/t12-/m0/s1. The highest BCUT2D eigenvalue weighted by atomic mass is 16.5. The summed E-state index contributed by atoms with van der Waals surface area (Å²) in [7, 11) is 0. The summed E-state index contributed by atoms with van der Waals surface area (Å²) >= 11 is 0. The van der Waals surface area contributed by atoms with Gasteiger partial charge in [0.15, 0.2) is 0 Å². The molecule has 0 saturated carbocycles. The Bertz CT molecular complexity index is 656. The number of nitrogens with one attached hydrogen (secondary N) is 1. The molecule has 5 heteroatoms. The fourth-order valence-electron chi connectivity index (χ4n) is 2.30. The maximum absolute atomic E-state index is 12.4. The van der Waals surface area contributed by atoms with E-state index in [-0.39, 0.29) is 12.5 Å². The van der Waals surface area contributed by atoms with Crippen LogP contribution in [0, 0.1) is 11.3 Å². The lowest BCUT2D eigenvalue weighted by Crippen LogP contribution is -2.47. The van der Waals surface area contributed by atoms with Crippen LogP contribution in [-0.4, -0.2) is 41.6 Å². The maximum atomic E-state index is 12.4. The number of rotatable bonds is 1. The molecule has 1 N–H and O–H groups in total. The van der Waals surface area contributed by atoms with Crippen LogP contribution in [0.4, 0.5) is 0 Å². The molecule has 1 saturated heterocycles. The van der Waals surface area contributed by atoms with Crippen LogP contribution in [0.1, 0.15) is 10.4 Å². The average molecular weight is 255 g/mol.